The second-order valence-electron chi connectivity index (χ2n) is 2.38. The maximum absolute atomic E-state index is 13.1. The predicted octanol–water partition coefficient (Wildman–Crippen LogP) is 2.18. The van der Waals surface area contributed by atoms with E-state index in [-0.39, 0.29) is 5.88 Å². The Kier molecular flexibility index (Phi) is 3.16. The van der Waals surface area contributed by atoms with Crippen LogP contribution >= 0.6 is 0 Å². The van der Waals surface area contributed by atoms with Crippen LogP contribution in [0.2, 0.25) is 0 Å². The molecule has 0 aliphatic heterocycles. The lowest BCUT2D eigenvalue weighted by Crippen LogP contribution is -2.00. The molecule has 1 heterocycles. The van der Waals surface area contributed by atoms with Crippen LogP contribution in [-0.4, -0.2) is 19.2 Å². The molecule has 0 aliphatic rings. The van der Waals surface area contributed by atoms with Crippen molar-refractivity contribution in [2.75, 3.05) is 14.2 Å². The second kappa shape index (κ2) is 4.17. The Morgan fingerprint density at radius 1 is 1.29 bits per heavy atom. The van der Waals surface area contributed by atoms with Crippen molar-refractivity contribution in [3.8, 4) is 11.8 Å². The largest absolute Gasteiger partial charge is 0.481 e. The van der Waals surface area contributed by atoms with Crippen molar-refractivity contribution in [1.29, 1.82) is 0 Å². The topological polar surface area (TPSA) is 31.4 Å². The van der Waals surface area contributed by atoms with Gasteiger partial charge in [-0.25, -0.2) is 13.2 Å². The first-order chi connectivity index (χ1) is 6.60. The van der Waals surface area contributed by atoms with Crippen LogP contribution in [-0.2, 0) is 0 Å². The highest BCUT2D eigenvalue weighted by Crippen LogP contribution is 2.29. The zero-order chi connectivity index (χ0) is 10.7. The van der Waals surface area contributed by atoms with Gasteiger partial charge >= 0.3 is 0 Å². The predicted molar refractivity (Wildman–Crippen MR) is 42.3 cm³/mol. The lowest BCUT2D eigenvalue weighted by molar-refractivity contribution is 0.144. The molecule has 0 fully saturated rings. The maximum atomic E-state index is 13.1. The number of alkyl halides is 2. The lowest BCUT2D eigenvalue weighted by Gasteiger charge is -2.08. The summed E-state index contributed by atoms with van der Waals surface area (Å²) in [4.78, 5) is 3.50. The highest BCUT2D eigenvalue weighted by atomic mass is 19.3. The molecular weight excluding hydrogens is 199 g/mol. The number of methoxy groups -OCH3 is 2. The van der Waals surface area contributed by atoms with Crippen LogP contribution in [0.5, 0.6) is 11.8 Å². The summed E-state index contributed by atoms with van der Waals surface area (Å²) in [5.74, 6) is -1.78. The first-order valence-electron chi connectivity index (χ1n) is 3.66. The average Bonchev–Trinajstić information content (AvgIpc) is 2.17. The van der Waals surface area contributed by atoms with Crippen molar-refractivity contribution in [1.82, 2.24) is 4.98 Å². The van der Waals surface area contributed by atoms with Crippen molar-refractivity contribution in [3.05, 3.63) is 17.4 Å². The summed E-state index contributed by atoms with van der Waals surface area (Å²) in [5.41, 5.74) is -0.784. The Labute approximate surface area is 78.5 Å². The van der Waals surface area contributed by atoms with E-state index in [9.17, 15) is 13.2 Å². The molecule has 0 aromatic carbocycles. The summed E-state index contributed by atoms with van der Waals surface area (Å²) in [7, 11) is 2.38. The number of rotatable bonds is 3. The summed E-state index contributed by atoms with van der Waals surface area (Å²) in [5, 5.41) is 0. The fraction of sp³-hybridized carbons (Fsp3) is 0.375. The number of pyridine rings is 1. The van der Waals surface area contributed by atoms with Gasteiger partial charge in [-0.2, -0.15) is 4.98 Å². The van der Waals surface area contributed by atoms with Crippen molar-refractivity contribution in [3.63, 3.8) is 0 Å². The molecule has 0 aliphatic carbocycles. The smallest absolute Gasteiger partial charge is 0.267 e. The fourth-order valence-corrected chi connectivity index (χ4v) is 0.900. The molecule has 14 heavy (non-hydrogen) atoms. The molecule has 3 nitrogen and oxygen atoms in total. The van der Waals surface area contributed by atoms with E-state index >= 15 is 0 Å². The monoisotopic (exact) mass is 207 g/mol. The minimum Gasteiger partial charge on any atom is -0.481 e. The standard InChI is InChI=1S/C8H8F3NO2/c1-13-5-3-4(7(10)11)6(9)8(12-5)14-2/h3,7H,1-2H3. The lowest BCUT2D eigenvalue weighted by atomic mass is 10.2. The Morgan fingerprint density at radius 2 is 1.93 bits per heavy atom. The van der Waals surface area contributed by atoms with Crippen LogP contribution in [0.15, 0.2) is 6.07 Å². The number of nitrogens with zero attached hydrogens (tertiary/aromatic N) is 1. The van der Waals surface area contributed by atoms with Crippen LogP contribution in [0.1, 0.15) is 12.0 Å². The molecule has 1 rings (SSSR count). The highest BCUT2D eigenvalue weighted by molar-refractivity contribution is 5.31. The van der Waals surface area contributed by atoms with Crippen molar-refractivity contribution in [2.24, 2.45) is 0 Å². The minimum absolute atomic E-state index is 0.112. The molecule has 0 amide bonds. The van der Waals surface area contributed by atoms with E-state index in [1.807, 2.05) is 0 Å². The van der Waals surface area contributed by atoms with Crippen LogP contribution in [0.25, 0.3) is 0 Å². The van der Waals surface area contributed by atoms with E-state index in [0.717, 1.165) is 13.2 Å². The van der Waals surface area contributed by atoms with E-state index in [1.165, 1.54) is 7.11 Å². The van der Waals surface area contributed by atoms with Gasteiger partial charge in [-0.3, -0.25) is 0 Å². The molecule has 0 radical (unpaired) electrons. The van der Waals surface area contributed by atoms with Crippen molar-refractivity contribution >= 4 is 0 Å². The molecule has 6 heteroatoms. The van der Waals surface area contributed by atoms with Gasteiger partial charge in [0.15, 0.2) is 5.82 Å². The van der Waals surface area contributed by atoms with Crippen LogP contribution < -0.4 is 9.47 Å². The Bertz CT molecular complexity index is 331. The SMILES string of the molecule is COc1cc(C(F)F)c(F)c(OC)n1. The number of hydrogen-bond acceptors (Lipinski definition) is 3. The second-order valence-corrected chi connectivity index (χ2v) is 2.38. The summed E-state index contributed by atoms with van der Waals surface area (Å²) in [6.45, 7) is 0. The van der Waals surface area contributed by atoms with E-state index < -0.39 is 23.7 Å². The van der Waals surface area contributed by atoms with Gasteiger partial charge in [0.2, 0.25) is 5.88 Å². The molecule has 1 aromatic heterocycles. The fourth-order valence-electron chi connectivity index (χ4n) is 0.900. The van der Waals surface area contributed by atoms with E-state index in [4.69, 9.17) is 0 Å². The summed E-state index contributed by atoms with van der Waals surface area (Å²) in [6, 6.07) is 0.836. The third kappa shape index (κ3) is 1.89. The van der Waals surface area contributed by atoms with Crippen LogP contribution in [0.4, 0.5) is 13.2 Å². The average molecular weight is 207 g/mol. The normalized spacial score (nSPS) is 10.4. The first kappa shape index (κ1) is 10.6. The number of halogens is 3. The van der Waals surface area contributed by atoms with Gasteiger partial charge in [-0.05, 0) is 0 Å². The zero-order valence-corrected chi connectivity index (χ0v) is 7.55. The van der Waals surface area contributed by atoms with Gasteiger partial charge < -0.3 is 9.47 Å². The van der Waals surface area contributed by atoms with Gasteiger partial charge in [-0.1, -0.05) is 0 Å². The molecule has 0 saturated heterocycles. The van der Waals surface area contributed by atoms with Gasteiger partial charge in [0.1, 0.15) is 0 Å². The number of aromatic nitrogens is 1. The molecule has 1 aromatic rings. The summed E-state index contributed by atoms with van der Waals surface area (Å²) >= 11 is 0. The van der Waals surface area contributed by atoms with Crippen LogP contribution in [0.3, 0.4) is 0 Å². The van der Waals surface area contributed by atoms with Gasteiger partial charge in [0, 0.05) is 6.07 Å². The number of ether oxygens (including phenoxy) is 2. The molecule has 0 bridgehead atoms. The Morgan fingerprint density at radius 3 is 2.36 bits per heavy atom. The van der Waals surface area contributed by atoms with Gasteiger partial charge in [0.25, 0.3) is 12.3 Å². The molecule has 0 spiro atoms. The highest BCUT2D eigenvalue weighted by Gasteiger charge is 2.20. The molecule has 78 valence electrons. The molecule has 0 atom stereocenters. The first-order valence-corrected chi connectivity index (χ1v) is 3.66. The molecule has 0 N–H and O–H groups in total. The summed E-state index contributed by atoms with van der Waals surface area (Å²) in [6.07, 6.45) is -2.93. The maximum Gasteiger partial charge on any atom is 0.267 e. The third-order valence-electron chi connectivity index (χ3n) is 1.57. The van der Waals surface area contributed by atoms with Gasteiger partial charge in [0.05, 0.1) is 19.8 Å². The molecule has 0 saturated carbocycles. The zero-order valence-electron chi connectivity index (χ0n) is 7.55. The Balaban J connectivity index is 3.27. The molecule has 0 unspecified atom stereocenters. The van der Waals surface area contributed by atoms with Crippen molar-refractivity contribution in [2.45, 2.75) is 6.43 Å². The quantitative estimate of drug-likeness (QED) is 0.761. The van der Waals surface area contributed by atoms with E-state index in [2.05, 4.69) is 14.5 Å². The Hall–Kier alpha value is -1.46. The number of hydrogen-bond donors (Lipinski definition) is 0. The van der Waals surface area contributed by atoms with Crippen molar-refractivity contribution < 1.29 is 22.6 Å². The van der Waals surface area contributed by atoms with E-state index in [0.29, 0.717) is 0 Å². The molecular formula is C8H8F3NO2. The third-order valence-corrected chi connectivity index (χ3v) is 1.57. The minimum atomic E-state index is -2.93. The van der Waals surface area contributed by atoms with Gasteiger partial charge in [-0.15, -0.1) is 0 Å². The van der Waals surface area contributed by atoms with E-state index in [1.54, 1.807) is 0 Å². The summed E-state index contributed by atoms with van der Waals surface area (Å²) < 4.78 is 46.8. The van der Waals surface area contributed by atoms with Crippen LogP contribution in [0, 0.1) is 5.82 Å².